The van der Waals surface area contributed by atoms with Gasteiger partial charge in [-0.1, -0.05) is 47.5 Å². The Hall–Kier alpha value is -3.80. The van der Waals surface area contributed by atoms with Crippen LogP contribution >= 0.6 is 0 Å². The summed E-state index contributed by atoms with van der Waals surface area (Å²) in [7, 11) is 0. The third-order valence-corrected chi connectivity index (χ3v) is 5.22. The number of hydrogen-bond donors (Lipinski definition) is 1. The highest BCUT2D eigenvalue weighted by molar-refractivity contribution is 6.46. The molecule has 0 radical (unpaired) electrons. The predicted octanol–water partition coefficient (Wildman–Crippen LogP) is 5.29. The molecule has 1 aliphatic rings. The number of aryl methyl sites for hydroxylation is 3. The molecule has 0 aliphatic carbocycles. The number of carbonyl (C=O) groups excluding carboxylic acids is 2. The lowest BCUT2D eigenvalue weighted by Gasteiger charge is -2.16. The standard InChI is InChI=1S/C25H20F2N2O2/c1-14-4-7-17(8-5-14)22-23(28-20-10-6-15(2)12-16(20)3)25(31)29(24(22)30)21-11-9-18(26)13-19(21)27/h4-13,28H,1-3H3. The fourth-order valence-electron chi connectivity index (χ4n) is 3.60. The number of amides is 2. The van der Waals surface area contributed by atoms with Crippen molar-refractivity contribution < 1.29 is 18.4 Å². The van der Waals surface area contributed by atoms with Crippen LogP contribution in [0.2, 0.25) is 0 Å². The lowest BCUT2D eigenvalue weighted by molar-refractivity contribution is -0.120. The molecular formula is C25H20F2N2O2. The number of halogens is 2. The van der Waals surface area contributed by atoms with Gasteiger partial charge in [-0.15, -0.1) is 0 Å². The summed E-state index contributed by atoms with van der Waals surface area (Å²) in [6.45, 7) is 5.76. The molecule has 0 saturated carbocycles. The van der Waals surface area contributed by atoms with Crippen molar-refractivity contribution in [3.05, 3.63) is 100 Å². The highest BCUT2D eigenvalue weighted by atomic mass is 19.1. The van der Waals surface area contributed by atoms with Crippen molar-refractivity contribution in [2.24, 2.45) is 0 Å². The third-order valence-electron chi connectivity index (χ3n) is 5.22. The summed E-state index contributed by atoms with van der Waals surface area (Å²) in [5, 5.41) is 3.08. The first-order valence-corrected chi connectivity index (χ1v) is 9.75. The molecule has 0 atom stereocenters. The first-order chi connectivity index (χ1) is 14.8. The maximum atomic E-state index is 14.5. The molecule has 156 valence electrons. The minimum absolute atomic E-state index is 0.0459. The number of nitrogens with zero attached hydrogens (tertiary/aromatic N) is 1. The van der Waals surface area contributed by atoms with Gasteiger partial charge in [0.2, 0.25) is 0 Å². The Bertz CT molecular complexity index is 1250. The van der Waals surface area contributed by atoms with E-state index in [0.717, 1.165) is 33.7 Å². The number of carbonyl (C=O) groups is 2. The highest BCUT2D eigenvalue weighted by Crippen LogP contribution is 2.35. The van der Waals surface area contributed by atoms with Gasteiger partial charge in [0.25, 0.3) is 11.8 Å². The Labute approximate surface area is 178 Å². The summed E-state index contributed by atoms with van der Waals surface area (Å²) in [5.41, 5.74) is 4.01. The van der Waals surface area contributed by atoms with Crippen LogP contribution in [0.1, 0.15) is 22.3 Å². The largest absolute Gasteiger partial charge is 0.350 e. The average molecular weight is 418 g/mol. The van der Waals surface area contributed by atoms with Gasteiger partial charge in [-0.05, 0) is 50.1 Å². The van der Waals surface area contributed by atoms with Gasteiger partial charge >= 0.3 is 0 Å². The zero-order valence-electron chi connectivity index (χ0n) is 17.3. The molecule has 4 rings (SSSR count). The Morgan fingerprint density at radius 1 is 0.774 bits per heavy atom. The van der Waals surface area contributed by atoms with Crippen LogP contribution in [0.15, 0.2) is 66.4 Å². The number of imide groups is 1. The summed E-state index contributed by atoms with van der Waals surface area (Å²) in [6.07, 6.45) is 0. The van der Waals surface area contributed by atoms with E-state index < -0.39 is 23.4 Å². The van der Waals surface area contributed by atoms with Crippen LogP contribution < -0.4 is 10.2 Å². The number of benzene rings is 3. The van der Waals surface area contributed by atoms with Crippen molar-refractivity contribution in [3.8, 4) is 0 Å². The number of rotatable bonds is 4. The maximum Gasteiger partial charge on any atom is 0.282 e. The molecule has 0 fully saturated rings. The Morgan fingerprint density at radius 2 is 1.45 bits per heavy atom. The van der Waals surface area contributed by atoms with Crippen LogP contribution in [-0.4, -0.2) is 11.8 Å². The molecule has 3 aromatic carbocycles. The topological polar surface area (TPSA) is 49.4 Å². The summed E-state index contributed by atoms with van der Waals surface area (Å²) in [4.78, 5) is 27.4. The molecule has 0 spiro atoms. The van der Waals surface area contributed by atoms with Crippen molar-refractivity contribution in [1.82, 2.24) is 0 Å². The molecule has 1 aliphatic heterocycles. The van der Waals surface area contributed by atoms with Gasteiger partial charge in [0.05, 0.1) is 11.3 Å². The molecule has 0 bridgehead atoms. The van der Waals surface area contributed by atoms with E-state index >= 15 is 0 Å². The normalized spacial score (nSPS) is 13.9. The fraction of sp³-hybridized carbons (Fsp3) is 0.120. The zero-order valence-corrected chi connectivity index (χ0v) is 17.3. The smallest absolute Gasteiger partial charge is 0.282 e. The van der Waals surface area contributed by atoms with Gasteiger partial charge in [0.1, 0.15) is 17.3 Å². The summed E-state index contributed by atoms with van der Waals surface area (Å²) >= 11 is 0. The van der Waals surface area contributed by atoms with Gasteiger partial charge in [-0.25, -0.2) is 13.7 Å². The lowest BCUT2D eigenvalue weighted by Crippen LogP contribution is -2.33. The number of anilines is 2. The van der Waals surface area contributed by atoms with E-state index in [4.69, 9.17) is 0 Å². The second kappa shape index (κ2) is 7.80. The second-order valence-corrected chi connectivity index (χ2v) is 7.60. The summed E-state index contributed by atoms with van der Waals surface area (Å²) in [5.74, 6) is -3.16. The Kier molecular flexibility index (Phi) is 5.15. The SMILES string of the molecule is Cc1ccc(C2=C(Nc3ccc(C)cc3C)C(=O)N(c3ccc(F)cc3F)C2=O)cc1. The molecule has 31 heavy (non-hydrogen) atoms. The highest BCUT2D eigenvalue weighted by Gasteiger charge is 2.41. The first kappa shape index (κ1) is 20.5. The van der Waals surface area contributed by atoms with E-state index in [1.54, 1.807) is 12.1 Å². The van der Waals surface area contributed by atoms with Crippen molar-refractivity contribution in [3.63, 3.8) is 0 Å². The second-order valence-electron chi connectivity index (χ2n) is 7.60. The van der Waals surface area contributed by atoms with Crippen molar-refractivity contribution >= 4 is 28.8 Å². The van der Waals surface area contributed by atoms with Gasteiger partial charge in [0.15, 0.2) is 0 Å². The van der Waals surface area contributed by atoms with E-state index in [0.29, 0.717) is 17.3 Å². The Morgan fingerprint density at radius 3 is 2.10 bits per heavy atom. The van der Waals surface area contributed by atoms with Gasteiger partial charge < -0.3 is 5.32 Å². The minimum Gasteiger partial charge on any atom is -0.350 e. The van der Waals surface area contributed by atoms with Gasteiger partial charge in [-0.2, -0.15) is 0 Å². The van der Waals surface area contributed by atoms with Crippen LogP contribution in [0.5, 0.6) is 0 Å². The molecule has 4 nitrogen and oxygen atoms in total. The van der Waals surface area contributed by atoms with E-state index in [-0.39, 0.29) is 17.0 Å². The van der Waals surface area contributed by atoms with Crippen LogP contribution in [0.4, 0.5) is 20.2 Å². The number of hydrogen-bond acceptors (Lipinski definition) is 3. The maximum absolute atomic E-state index is 14.5. The van der Waals surface area contributed by atoms with E-state index in [1.165, 1.54) is 0 Å². The molecule has 3 aromatic rings. The van der Waals surface area contributed by atoms with Crippen LogP contribution in [0.3, 0.4) is 0 Å². The van der Waals surface area contributed by atoms with Crippen molar-refractivity contribution in [1.29, 1.82) is 0 Å². The quantitative estimate of drug-likeness (QED) is 0.586. The predicted molar refractivity (Wildman–Crippen MR) is 116 cm³/mol. The van der Waals surface area contributed by atoms with E-state index in [2.05, 4.69) is 5.32 Å². The molecular weight excluding hydrogens is 398 g/mol. The first-order valence-electron chi connectivity index (χ1n) is 9.75. The molecule has 2 amide bonds. The number of nitrogens with one attached hydrogen (secondary N) is 1. The van der Waals surface area contributed by atoms with E-state index in [1.807, 2.05) is 51.1 Å². The van der Waals surface area contributed by atoms with Crippen LogP contribution in [0.25, 0.3) is 5.57 Å². The summed E-state index contributed by atoms with van der Waals surface area (Å²) < 4.78 is 27.9. The van der Waals surface area contributed by atoms with Gasteiger partial charge in [-0.3, -0.25) is 9.59 Å². The third kappa shape index (κ3) is 3.72. The molecule has 1 N–H and O–H groups in total. The van der Waals surface area contributed by atoms with Crippen LogP contribution in [-0.2, 0) is 9.59 Å². The minimum atomic E-state index is -0.988. The van der Waals surface area contributed by atoms with Crippen molar-refractivity contribution in [2.45, 2.75) is 20.8 Å². The molecule has 0 aromatic heterocycles. The van der Waals surface area contributed by atoms with E-state index in [9.17, 15) is 18.4 Å². The average Bonchev–Trinajstić information content (AvgIpc) is 2.95. The van der Waals surface area contributed by atoms with Crippen LogP contribution in [0, 0.1) is 32.4 Å². The molecule has 0 unspecified atom stereocenters. The fourth-order valence-corrected chi connectivity index (χ4v) is 3.60. The zero-order chi connectivity index (χ0) is 22.3. The van der Waals surface area contributed by atoms with Gasteiger partial charge in [0, 0.05) is 11.8 Å². The van der Waals surface area contributed by atoms with Crippen molar-refractivity contribution in [2.75, 3.05) is 10.2 Å². The molecule has 0 saturated heterocycles. The monoisotopic (exact) mass is 418 g/mol. The lowest BCUT2D eigenvalue weighted by atomic mass is 10.0. The molecule has 1 heterocycles. The summed E-state index contributed by atoms with van der Waals surface area (Å²) in [6, 6.07) is 15.6. The Balaban J connectivity index is 1.85. The molecule has 6 heteroatoms.